The van der Waals surface area contributed by atoms with Gasteiger partial charge < -0.3 is 9.30 Å². The highest BCUT2D eigenvalue weighted by atomic mass is 16.5. The van der Waals surface area contributed by atoms with Crippen molar-refractivity contribution in [3.05, 3.63) is 127 Å². The lowest BCUT2D eigenvalue weighted by molar-refractivity contribution is 0.487. The van der Waals surface area contributed by atoms with E-state index in [9.17, 15) is 1.37 Å². The Balaban J connectivity index is 1.59. The fraction of sp³-hybridized carbons (Fsp3) is 0. The van der Waals surface area contributed by atoms with Crippen LogP contribution in [-0.2, 0) is 0 Å². The molecule has 0 atom stereocenters. The van der Waals surface area contributed by atoms with Gasteiger partial charge in [-0.15, -0.1) is 0 Å². The zero-order chi connectivity index (χ0) is 31.5. The molecule has 6 aromatic carbocycles. The highest BCUT2D eigenvalue weighted by Gasteiger charge is 2.22. The van der Waals surface area contributed by atoms with E-state index in [1.54, 1.807) is 0 Å². The van der Waals surface area contributed by atoms with Crippen LogP contribution in [0.4, 0.5) is 0 Å². The quantitative estimate of drug-likeness (QED) is 0.246. The van der Waals surface area contributed by atoms with Gasteiger partial charge in [0.1, 0.15) is 11.5 Å². The summed E-state index contributed by atoms with van der Waals surface area (Å²) in [6.45, 7) is 0. The van der Waals surface area contributed by atoms with Crippen LogP contribution in [0.2, 0.25) is 0 Å². The molecule has 36 heavy (non-hydrogen) atoms. The molecule has 168 valence electrons. The number of nitrogens with zero attached hydrogens (tertiary/aromatic N) is 1. The molecule has 8 rings (SSSR count). The van der Waals surface area contributed by atoms with Crippen LogP contribution in [0.15, 0.2) is 127 Å². The lowest BCUT2D eigenvalue weighted by Crippen LogP contribution is -1.97. The van der Waals surface area contributed by atoms with Crippen LogP contribution in [0.25, 0.3) is 60.5 Å². The van der Waals surface area contributed by atoms with E-state index < -0.39 is 36.3 Å². The molecule has 0 aliphatic carbocycles. The van der Waals surface area contributed by atoms with Gasteiger partial charge >= 0.3 is 0 Å². The first kappa shape index (κ1) is 12.8. The fourth-order valence-corrected chi connectivity index (χ4v) is 5.27. The summed E-state index contributed by atoms with van der Waals surface area (Å²) in [5.74, 6) is -0.443. The Kier molecular flexibility index (Phi) is 2.60. The van der Waals surface area contributed by atoms with E-state index in [0.717, 1.165) is 27.5 Å². The summed E-state index contributed by atoms with van der Waals surface area (Å²) in [5.41, 5.74) is 3.34. The first-order chi connectivity index (χ1) is 21.6. The number of para-hydroxylation sites is 3. The van der Waals surface area contributed by atoms with Gasteiger partial charge in [-0.3, -0.25) is 0 Å². The molecule has 0 fully saturated rings. The average molecular weight is 469 g/mol. The van der Waals surface area contributed by atoms with Crippen molar-refractivity contribution in [1.82, 2.24) is 4.57 Å². The van der Waals surface area contributed by atoms with Crippen molar-refractivity contribution >= 4 is 32.6 Å². The average Bonchev–Trinajstić information content (AvgIpc) is 3.40. The molecule has 7 aromatic rings. The number of fused-ring (bicyclic) bond motifs is 5. The summed E-state index contributed by atoms with van der Waals surface area (Å²) in [6.07, 6.45) is 0. The van der Waals surface area contributed by atoms with Crippen molar-refractivity contribution in [3.63, 3.8) is 0 Å². The second-order valence-corrected chi connectivity index (χ2v) is 8.65. The number of hydrogen-bond donors (Lipinski definition) is 0. The molecule has 2 nitrogen and oxygen atoms in total. The topological polar surface area (TPSA) is 14.2 Å². The van der Waals surface area contributed by atoms with Gasteiger partial charge in [-0.25, -0.2) is 0 Å². The molecule has 0 saturated carbocycles. The molecule has 0 bridgehead atoms. The number of ether oxygens (including phenoxy) is 1. The Morgan fingerprint density at radius 1 is 0.500 bits per heavy atom. The van der Waals surface area contributed by atoms with Crippen molar-refractivity contribution in [2.45, 2.75) is 0 Å². The minimum atomic E-state index is -0.538. The molecule has 1 aromatic heterocycles. The number of aromatic nitrogens is 1. The van der Waals surface area contributed by atoms with Gasteiger partial charge in [0.15, 0.2) is 0 Å². The maximum absolute atomic E-state index is 9.27. The Morgan fingerprint density at radius 2 is 1.31 bits per heavy atom. The highest BCUT2D eigenvalue weighted by molar-refractivity contribution is 6.19. The van der Waals surface area contributed by atoms with E-state index in [-0.39, 0.29) is 57.1 Å². The van der Waals surface area contributed by atoms with Crippen LogP contribution < -0.4 is 4.74 Å². The SMILES string of the molecule is [2H]c1c([2H])c([2H])c2c(c1[2H])Oc1c([2H])c([2H])c(-c3cccc4c3c3ccccc3n4-c3ccccc3)c3c([2H])c([2H])c([2H])c-2c13. The molecular weight excluding hydrogens is 438 g/mol. The van der Waals surface area contributed by atoms with E-state index in [4.69, 9.17) is 15.7 Å². The minimum Gasteiger partial charge on any atom is -0.456 e. The van der Waals surface area contributed by atoms with Crippen molar-refractivity contribution in [3.8, 4) is 39.4 Å². The van der Waals surface area contributed by atoms with Crippen molar-refractivity contribution in [2.24, 2.45) is 0 Å². The van der Waals surface area contributed by atoms with Crippen molar-refractivity contribution in [2.75, 3.05) is 0 Å². The lowest BCUT2D eigenvalue weighted by Gasteiger charge is -2.22. The van der Waals surface area contributed by atoms with Crippen molar-refractivity contribution < 1.29 is 17.1 Å². The van der Waals surface area contributed by atoms with Crippen LogP contribution in [0, 0.1) is 0 Å². The third-order valence-electron chi connectivity index (χ3n) is 6.74. The van der Waals surface area contributed by atoms with Gasteiger partial charge in [-0.1, -0.05) is 90.8 Å². The van der Waals surface area contributed by atoms with Gasteiger partial charge in [0.05, 0.1) is 23.4 Å². The summed E-state index contributed by atoms with van der Waals surface area (Å²) in [4.78, 5) is 0. The Morgan fingerprint density at radius 3 is 2.25 bits per heavy atom. The number of benzene rings is 6. The Bertz CT molecular complexity index is 2450. The van der Waals surface area contributed by atoms with E-state index in [1.165, 1.54) is 0 Å². The van der Waals surface area contributed by atoms with Gasteiger partial charge in [-0.2, -0.15) is 0 Å². The molecule has 2 heterocycles. The number of hydrogen-bond acceptors (Lipinski definition) is 1. The fourth-order valence-electron chi connectivity index (χ4n) is 5.27. The van der Waals surface area contributed by atoms with E-state index >= 15 is 0 Å². The largest absolute Gasteiger partial charge is 0.456 e. The lowest BCUT2D eigenvalue weighted by atomic mass is 9.89. The van der Waals surface area contributed by atoms with Gasteiger partial charge in [0.25, 0.3) is 0 Å². The minimum absolute atomic E-state index is 0.0112. The van der Waals surface area contributed by atoms with Crippen LogP contribution in [-0.4, -0.2) is 4.57 Å². The van der Waals surface area contributed by atoms with Crippen LogP contribution in [0.1, 0.15) is 12.3 Å². The molecule has 0 N–H and O–H groups in total. The van der Waals surface area contributed by atoms with Gasteiger partial charge in [0.2, 0.25) is 0 Å². The summed E-state index contributed by atoms with van der Waals surface area (Å²) in [7, 11) is 0. The third kappa shape index (κ3) is 2.61. The molecule has 1 aliphatic rings. The number of rotatable bonds is 2. The Labute approximate surface area is 221 Å². The summed E-state index contributed by atoms with van der Waals surface area (Å²) in [6, 6.07) is 19.5. The van der Waals surface area contributed by atoms with E-state index in [1.807, 2.05) is 72.8 Å². The van der Waals surface area contributed by atoms with Crippen molar-refractivity contribution in [1.29, 1.82) is 0 Å². The summed E-state index contributed by atoms with van der Waals surface area (Å²) < 4.78 is 86.9. The predicted molar refractivity (Wildman–Crippen MR) is 149 cm³/mol. The molecule has 0 unspecified atom stereocenters. The van der Waals surface area contributed by atoms with Gasteiger partial charge in [-0.05, 0) is 58.4 Å². The van der Waals surface area contributed by atoms with Crippen LogP contribution in [0.5, 0.6) is 11.5 Å². The monoisotopic (exact) mass is 468 g/mol. The van der Waals surface area contributed by atoms with Crippen LogP contribution >= 0.6 is 0 Å². The van der Waals surface area contributed by atoms with Crippen LogP contribution in [0.3, 0.4) is 0 Å². The Hall–Kier alpha value is -4.82. The summed E-state index contributed by atoms with van der Waals surface area (Å²) >= 11 is 0. The first-order valence-electron chi connectivity index (χ1n) is 16.1. The predicted octanol–water partition coefficient (Wildman–Crippen LogP) is 9.38. The molecule has 0 saturated heterocycles. The molecule has 1 aliphatic heterocycles. The standard InChI is InChI=1S/C34H21NO/c1-2-10-22(11-3-1)35-29-17-6-4-13-28(29)33-25(16-9-18-30(33)35)23-20-21-32-34-26(23)14-8-15-27(34)24-12-5-7-19-31(24)36-32/h1-21H/i5D,7D,8D,12D,14D,15D,19D,20D,21D. The maximum atomic E-state index is 9.27. The first-order valence-corrected chi connectivity index (χ1v) is 11.6. The molecule has 0 spiro atoms. The maximum Gasteiger partial charge on any atom is 0.135 e. The van der Waals surface area contributed by atoms with E-state index in [0.29, 0.717) is 5.56 Å². The zero-order valence-corrected chi connectivity index (χ0v) is 18.8. The smallest absolute Gasteiger partial charge is 0.135 e. The normalized spacial score (nSPS) is 15.6. The van der Waals surface area contributed by atoms with Gasteiger partial charge in [0, 0.05) is 27.4 Å². The second-order valence-electron chi connectivity index (χ2n) is 8.65. The molecule has 2 heteroatoms. The highest BCUT2D eigenvalue weighted by Crippen LogP contribution is 2.49. The second kappa shape index (κ2) is 7.34. The third-order valence-corrected chi connectivity index (χ3v) is 6.74. The molecule has 0 radical (unpaired) electrons. The molecule has 0 amide bonds. The summed E-state index contributed by atoms with van der Waals surface area (Å²) in [5, 5.41) is 1.89. The zero-order valence-electron chi connectivity index (χ0n) is 27.8. The van der Waals surface area contributed by atoms with E-state index in [2.05, 4.69) is 4.57 Å². The molecular formula is C34H21NO.